The van der Waals surface area contributed by atoms with E-state index < -0.39 is 0 Å². The second kappa shape index (κ2) is 8.93. The molecule has 6 heteroatoms. The number of nitriles is 1. The number of aliphatic imine (C=N–C) groups is 1. The van der Waals surface area contributed by atoms with Crippen molar-refractivity contribution in [2.75, 3.05) is 31.2 Å². The van der Waals surface area contributed by atoms with Crippen molar-refractivity contribution in [2.24, 2.45) is 4.99 Å². The summed E-state index contributed by atoms with van der Waals surface area (Å²) in [6.45, 7) is 7.68. The zero-order valence-electron chi connectivity index (χ0n) is 18.7. The van der Waals surface area contributed by atoms with E-state index >= 15 is 0 Å². The number of thiophene rings is 1. The van der Waals surface area contributed by atoms with Crippen LogP contribution in [0.4, 0.5) is 11.4 Å². The summed E-state index contributed by atoms with van der Waals surface area (Å²) in [7, 11) is 0. The highest BCUT2D eigenvalue weighted by atomic mass is 32.1. The van der Waals surface area contributed by atoms with E-state index in [1.54, 1.807) is 11.3 Å². The molecule has 1 saturated heterocycles. The van der Waals surface area contributed by atoms with Gasteiger partial charge in [-0.25, -0.2) is 0 Å². The fourth-order valence-electron chi connectivity index (χ4n) is 4.77. The summed E-state index contributed by atoms with van der Waals surface area (Å²) in [6, 6.07) is 13.1. The van der Waals surface area contributed by atoms with E-state index in [1.165, 1.54) is 29.0 Å². The molecule has 0 atom stereocenters. The number of benzene rings is 1. The molecule has 32 heavy (non-hydrogen) atoms. The predicted molar refractivity (Wildman–Crippen MR) is 131 cm³/mol. The molecule has 1 aromatic carbocycles. The maximum Gasteiger partial charge on any atom is 0.118 e. The van der Waals surface area contributed by atoms with Crippen molar-refractivity contribution in [3.63, 3.8) is 0 Å². The van der Waals surface area contributed by atoms with Crippen LogP contribution in [0.25, 0.3) is 5.00 Å². The van der Waals surface area contributed by atoms with Crippen molar-refractivity contribution >= 4 is 28.9 Å². The van der Waals surface area contributed by atoms with Gasteiger partial charge in [0.25, 0.3) is 0 Å². The van der Waals surface area contributed by atoms with Crippen molar-refractivity contribution in [3.8, 4) is 11.1 Å². The maximum atomic E-state index is 9.89. The first-order valence-corrected chi connectivity index (χ1v) is 12.2. The Labute approximate surface area is 193 Å². The van der Waals surface area contributed by atoms with Crippen molar-refractivity contribution in [2.45, 2.75) is 39.5 Å². The van der Waals surface area contributed by atoms with Gasteiger partial charge in [-0.3, -0.25) is 4.99 Å². The van der Waals surface area contributed by atoms with E-state index in [0.717, 1.165) is 72.3 Å². The number of hydrogen-bond donors (Lipinski definition) is 0. The lowest BCUT2D eigenvalue weighted by molar-refractivity contribution is 0.122. The molecule has 5 nitrogen and oxygen atoms in total. The lowest BCUT2D eigenvalue weighted by Crippen LogP contribution is -2.36. The molecule has 0 saturated carbocycles. The first kappa shape index (κ1) is 21.0. The van der Waals surface area contributed by atoms with E-state index in [9.17, 15) is 5.26 Å². The topological polar surface area (TPSA) is 53.5 Å². The van der Waals surface area contributed by atoms with Gasteiger partial charge in [0.1, 0.15) is 11.1 Å². The number of hydrogen-bond acceptors (Lipinski definition) is 5. The summed E-state index contributed by atoms with van der Waals surface area (Å²) in [4.78, 5) is 8.48. The van der Waals surface area contributed by atoms with Crippen LogP contribution in [0.2, 0.25) is 0 Å². The van der Waals surface area contributed by atoms with Crippen LogP contribution in [-0.4, -0.2) is 37.1 Å². The van der Waals surface area contributed by atoms with E-state index in [4.69, 9.17) is 9.73 Å². The molecule has 2 aliphatic rings. The van der Waals surface area contributed by atoms with E-state index in [-0.39, 0.29) is 0 Å². The molecule has 164 valence electrons. The van der Waals surface area contributed by atoms with Crippen LogP contribution in [0.15, 0.2) is 35.3 Å². The average Bonchev–Trinajstić information content (AvgIpc) is 3.34. The van der Waals surface area contributed by atoms with Crippen LogP contribution in [0.5, 0.6) is 0 Å². The number of aromatic nitrogens is 1. The molecule has 2 aromatic heterocycles. The van der Waals surface area contributed by atoms with Crippen LogP contribution in [0.3, 0.4) is 0 Å². The molecule has 0 bridgehead atoms. The van der Waals surface area contributed by atoms with Gasteiger partial charge in [0.15, 0.2) is 0 Å². The molecule has 3 heterocycles. The van der Waals surface area contributed by atoms with Crippen molar-refractivity contribution in [1.82, 2.24) is 4.57 Å². The van der Waals surface area contributed by atoms with Crippen molar-refractivity contribution in [3.05, 3.63) is 63.3 Å². The number of ether oxygens (including phenoxy) is 1. The molecule has 1 fully saturated rings. The second-order valence-electron chi connectivity index (χ2n) is 8.54. The molecule has 1 aliphatic heterocycles. The Kier molecular flexibility index (Phi) is 5.86. The minimum Gasteiger partial charge on any atom is -0.378 e. The summed E-state index contributed by atoms with van der Waals surface area (Å²) in [5, 5.41) is 11.0. The summed E-state index contributed by atoms with van der Waals surface area (Å²) < 4.78 is 7.68. The highest BCUT2D eigenvalue weighted by Gasteiger charge is 2.23. The number of anilines is 1. The Morgan fingerprint density at radius 2 is 1.84 bits per heavy atom. The van der Waals surface area contributed by atoms with E-state index in [2.05, 4.69) is 59.7 Å². The Morgan fingerprint density at radius 1 is 1.09 bits per heavy atom. The van der Waals surface area contributed by atoms with E-state index in [0.29, 0.717) is 0 Å². The summed E-state index contributed by atoms with van der Waals surface area (Å²) in [6.07, 6.45) is 6.49. The lowest BCUT2D eigenvalue weighted by Gasteiger charge is -2.28. The van der Waals surface area contributed by atoms with E-state index in [1.807, 2.05) is 6.21 Å². The van der Waals surface area contributed by atoms with Gasteiger partial charge in [0.05, 0.1) is 24.5 Å². The number of rotatable bonds is 4. The number of morpholine rings is 1. The van der Waals surface area contributed by atoms with Gasteiger partial charge in [-0.15, -0.1) is 11.3 Å². The molecule has 0 unspecified atom stereocenters. The molecule has 5 rings (SSSR count). The monoisotopic (exact) mass is 444 g/mol. The highest BCUT2D eigenvalue weighted by Crippen LogP contribution is 2.38. The second-order valence-corrected chi connectivity index (χ2v) is 9.62. The third kappa shape index (κ3) is 3.87. The van der Waals surface area contributed by atoms with Gasteiger partial charge in [-0.05, 0) is 75.4 Å². The van der Waals surface area contributed by atoms with Gasteiger partial charge in [0.2, 0.25) is 0 Å². The van der Waals surface area contributed by atoms with Gasteiger partial charge in [-0.2, -0.15) is 5.26 Å². The van der Waals surface area contributed by atoms with Crippen LogP contribution in [0.1, 0.15) is 45.8 Å². The van der Waals surface area contributed by atoms with Crippen molar-refractivity contribution < 1.29 is 4.74 Å². The van der Waals surface area contributed by atoms with Gasteiger partial charge < -0.3 is 14.2 Å². The third-order valence-corrected chi connectivity index (χ3v) is 7.79. The summed E-state index contributed by atoms with van der Waals surface area (Å²) in [5.41, 5.74) is 7.67. The third-order valence-electron chi connectivity index (χ3n) is 6.52. The first-order valence-electron chi connectivity index (χ1n) is 11.4. The summed E-state index contributed by atoms with van der Waals surface area (Å²) >= 11 is 1.79. The predicted octanol–water partition coefficient (Wildman–Crippen LogP) is 5.49. The molecule has 0 amide bonds. The average molecular weight is 445 g/mol. The number of aryl methyl sites for hydroxylation is 2. The maximum absolute atomic E-state index is 9.89. The van der Waals surface area contributed by atoms with Crippen LogP contribution < -0.4 is 4.90 Å². The Hall–Kier alpha value is -2.88. The molecular formula is C26H28N4OS. The van der Waals surface area contributed by atoms with Crippen LogP contribution in [-0.2, 0) is 17.6 Å². The van der Waals surface area contributed by atoms with Gasteiger partial charge in [0, 0.05) is 46.8 Å². The van der Waals surface area contributed by atoms with Crippen LogP contribution in [0, 0.1) is 25.2 Å². The fourth-order valence-corrected chi connectivity index (χ4v) is 6.22. The Balaban J connectivity index is 1.41. The number of fused-ring (bicyclic) bond motifs is 1. The largest absolute Gasteiger partial charge is 0.378 e. The number of nitrogens with zero attached hydrogens (tertiary/aromatic N) is 4. The summed E-state index contributed by atoms with van der Waals surface area (Å²) in [5.74, 6) is 0. The minimum absolute atomic E-state index is 0.788. The minimum atomic E-state index is 0.788. The molecule has 0 spiro atoms. The SMILES string of the molecule is Cc1cc(C=Nc2ccc(N3CCOCC3)cc2)c(C)n1-c1sc2c(c1C#N)CCCC2. The zero-order chi connectivity index (χ0) is 22.1. The lowest BCUT2D eigenvalue weighted by atomic mass is 9.96. The van der Waals surface area contributed by atoms with Crippen molar-refractivity contribution in [1.29, 1.82) is 5.26 Å². The highest BCUT2D eigenvalue weighted by molar-refractivity contribution is 7.15. The molecule has 0 radical (unpaired) electrons. The first-order chi connectivity index (χ1) is 15.7. The molecule has 1 aliphatic carbocycles. The molecular weight excluding hydrogens is 416 g/mol. The van der Waals surface area contributed by atoms with Gasteiger partial charge >= 0.3 is 0 Å². The van der Waals surface area contributed by atoms with Gasteiger partial charge in [-0.1, -0.05) is 0 Å². The fraction of sp³-hybridized carbons (Fsp3) is 0.385. The Morgan fingerprint density at radius 3 is 2.59 bits per heavy atom. The normalized spacial score (nSPS) is 16.3. The smallest absolute Gasteiger partial charge is 0.118 e. The standard InChI is InChI=1S/C26H28N4OS/c1-18-15-20(17-28-21-7-9-22(10-8-21)29-11-13-31-14-12-29)19(2)30(18)26-24(16-27)23-5-3-4-6-25(23)32-26/h7-10,15,17H,3-6,11-14H2,1-2H3. The molecule has 3 aromatic rings. The molecule has 0 N–H and O–H groups in total. The quantitative estimate of drug-likeness (QED) is 0.500. The van der Waals surface area contributed by atoms with Crippen LogP contribution >= 0.6 is 11.3 Å². The zero-order valence-corrected chi connectivity index (χ0v) is 19.5. The Bertz CT molecular complexity index is 1190.